The summed E-state index contributed by atoms with van der Waals surface area (Å²) in [6, 6.07) is 5.37. The van der Waals surface area contributed by atoms with E-state index in [0.717, 1.165) is 0 Å². The first-order valence-corrected chi connectivity index (χ1v) is 7.03. The molecular formula is C13H13BrN4O3. The number of halogens is 1. The normalized spacial score (nSPS) is 13.2. The Morgan fingerprint density at radius 3 is 3.10 bits per heavy atom. The molecule has 0 spiro atoms. The van der Waals surface area contributed by atoms with Gasteiger partial charge in [-0.25, -0.2) is 4.98 Å². The second-order valence-corrected chi connectivity index (χ2v) is 5.26. The number of ether oxygens (including phenoxy) is 1. The molecule has 1 aliphatic heterocycles. The molecule has 0 radical (unpaired) electrons. The molecule has 0 aliphatic carbocycles. The number of hydrogen-bond donors (Lipinski definition) is 0. The fourth-order valence-corrected chi connectivity index (χ4v) is 2.12. The van der Waals surface area contributed by atoms with E-state index in [9.17, 15) is 9.59 Å². The minimum atomic E-state index is -0.324. The third-order valence-corrected chi connectivity index (χ3v) is 3.43. The summed E-state index contributed by atoms with van der Waals surface area (Å²) in [6.07, 6.45) is 0.250. The largest absolute Gasteiger partial charge is 0.480 e. The average Bonchev–Trinajstić information content (AvgIpc) is 2.47. The SMILES string of the molecule is CN(CCC#N)C(=O)CN1C(=O)COc2ccc(Br)nc21. The molecule has 0 bridgehead atoms. The second kappa shape index (κ2) is 6.54. The number of anilines is 1. The molecule has 0 unspecified atom stereocenters. The van der Waals surface area contributed by atoms with Crippen molar-refractivity contribution in [3.63, 3.8) is 0 Å². The molecule has 0 saturated carbocycles. The van der Waals surface area contributed by atoms with Gasteiger partial charge in [0.15, 0.2) is 18.2 Å². The van der Waals surface area contributed by atoms with Crippen LogP contribution in [0.3, 0.4) is 0 Å². The highest BCUT2D eigenvalue weighted by Crippen LogP contribution is 2.31. The molecular weight excluding hydrogens is 340 g/mol. The van der Waals surface area contributed by atoms with Gasteiger partial charge in [0.2, 0.25) is 5.91 Å². The van der Waals surface area contributed by atoms with E-state index in [0.29, 0.717) is 22.7 Å². The molecule has 0 aromatic carbocycles. The number of rotatable bonds is 4. The zero-order valence-corrected chi connectivity index (χ0v) is 13.0. The van der Waals surface area contributed by atoms with Gasteiger partial charge in [-0.1, -0.05) is 0 Å². The first kappa shape index (κ1) is 15.3. The topological polar surface area (TPSA) is 86.5 Å². The van der Waals surface area contributed by atoms with Gasteiger partial charge in [0.1, 0.15) is 11.1 Å². The van der Waals surface area contributed by atoms with E-state index >= 15 is 0 Å². The Balaban J connectivity index is 2.16. The van der Waals surface area contributed by atoms with Crippen LogP contribution in [-0.2, 0) is 9.59 Å². The smallest absolute Gasteiger partial charge is 0.266 e. The van der Waals surface area contributed by atoms with Crippen molar-refractivity contribution in [2.75, 3.05) is 31.6 Å². The number of nitriles is 1. The predicted octanol–water partition coefficient (Wildman–Crippen LogP) is 0.942. The average molecular weight is 353 g/mol. The third-order valence-electron chi connectivity index (χ3n) is 2.99. The van der Waals surface area contributed by atoms with Crippen molar-refractivity contribution < 1.29 is 14.3 Å². The van der Waals surface area contributed by atoms with Crippen LogP contribution in [0.4, 0.5) is 5.82 Å². The van der Waals surface area contributed by atoms with Crippen LogP contribution in [0.1, 0.15) is 6.42 Å². The summed E-state index contributed by atoms with van der Waals surface area (Å²) in [5.41, 5.74) is 0. The molecule has 1 aliphatic rings. The third kappa shape index (κ3) is 3.49. The van der Waals surface area contributed by atoms with Gasteiger partial charge in [-0.05, 0) is 28.1 Å². The minimum absolute atomic E-state index is 0.120. The Labute approximate surface area is 130 Å². The van der Waals surface area contributed by atoms with E-state index in [1.807, 2.05) is 6.07 Å². The van der Waals surface area contributed by atoms with E-state index in [4.69, 9.17) is 10.00 Å². The Morgan fingerprint density at radius 1 is 1.62 bits per heavy atom. The molecule has 2 heterocycles. The van der Waals surface area contributed by atoms with Crippen molar-refractivity contribution >= 4 is 33.6 Å². The first-order chi connectivity index (χ1) is 10.0. The van der Waals surface area contributed by atoms with Gasteiger partial charge in [0, 0.05) is 13.6 Å². The van der Waals surface area contributed by atoms with Crippen LogP contribution in [0.2, 0.25) is 0 Å². The summed E-state index contributed by atoms with van der Waals surface area (Å²) >= 11 is 3.23. The van der Waals surface area contributed by atoms with Crippen LogP contribution in [0.25, 0.3) is 0 Å². The fourth-order valence-electron chi connectivity index (χ4n) is 1.82. The Morgan fingerprint density at radius 2 is 2.38 bits per heavy atom. The maximum atomic E-state index is 12.1. The van der Waals surface area contributed by atoms with Gasteiger partial charge in [0.25, 0.3) is 5.91 Å². The number of carbonyl (C=O) groups is 2. The lowest BCUT2D eigenvalue weighted by Gasteiger charge is -2.29. The van der Waals surface area contributed by atoms with Crippen molar-refractivity contribution in [1.29, 1.82) is 5.26 Å². The van der Waals surface area contributed by atoms with E-state index < -0.39 is 0 Å². The molecule has 0 N–H and O–H groups in total. The lowest BCUT2D eigenvalue weighted by molar-refractivity contribution is -0.130. The van der Waals surface area contributed by atoms with Crippen molar-refractivity contribution in [3.05, 3.63) is 16.7 Å². The number of pyridine rings is 1. The molecule has 2 rings (SSSR count). The van der Waals surface area contributed by atoms with Gasteiger partial charge in [0.05, 0.1) is 12.5 Å². The van der Waals surface area contributed by atoms with Crippen molar-refractivity contribution in [1.82, 2.24) is 9.88 Å². The lowest BCUT2D eigenvalue weighted by Crippen LogP contribution is -2.46. The number of aromatic nitrogens is 1. The highest BCUT2D eigenvalue weighted by atomic mass is 79.9. The Bertz CT molecular complexity index is 614. The second-order valence-electron chi connectivity index (χ2n) is 4.45. The highest BCUT2D eigenvalue weighted by molar-refractivity contribution is 9.10. The fraction of sp³-hybridized carbons (Fsp3) is 0.385. The predicted molar refractivity (Wildman–Crippen MR) is 77.7 cm³/mol. The monoisotopic (exact) mass is 352 g/mol. The summed E-state index contributed by atoms with van der Waals surface area (Å²) in [5, 5.41) is 8.54. The summed E-state index contributed by atoms with van der Waals surface area (Å²) in [7, 11) is 1.60. The van der Waals surface area contributed by atoms with Crippen molar-refractivity contribution in [2.24, 2.45) is 0 Å². The Hall–Kier alpha value is -2.14. The van der Waals surface area contributed by atoms with Crippen molar-refractivity contribution in [3.8, 4) is 11.8 Å². The number of likely N-dealkylation sites (N-methyl/N-ethyl adjacent to an activating group) is 1. The van der Waals surface area contributed by atoms with Crippen molar-refractivity contribution in [2.45, 2.75) is 6.42 Å². The quantitative estimate of drug-likeness (QED) is 0.752. The number of carbonyl (C=O) groups excluding carboxylic acids is 2. The maximum absolute atomic E-state index is 12.1. The van der Waals surface area contributed by atoms with E-state index in [1.165, 1.54) is 9.80 Å². The molecule has 0 fully saturated rings. The Kier molecular flexibility index (Phi) is 4.75. The molecule has 2 amide bonds. The summed E-state index contributed by atoms with van der Waals surface area (Å²) in [6.45, 7) is 0.0821. The van der Waals surface area contributed by atoms with Gasteiger partial charge in [-0.2, -0.15) is 5.26 Å². The van der Waals surface area contributed by atoms with Crippen LogP contribution in [-0.4, -0.2) is 48.4 Å². The highest BCUT2D eigenvalue weighted by Gasteiger charge is 2.29. The molecule has 8 heteroatoms. The number of amides is 2. The van der Waals surface area contributed by atoms with E-state index in [2.05, 4.69) is 20.9 Å². The molecule has 110 valence electrons. The number of fused-ring (bicyclic) bond motifs is 1. The zero-order valence-electron chi connectivity index (χ0n) is 11.4. The summed E-state index contributed by atoms with van der Waals surface area (Å²) < 4.78 is 5.84. The van der Waals surface area contributed by atoms with Crippen LogP contribution in [0.15, 0.2) is 16.7 Å². The van der Waals surface area contributed by atoms with Crippen LogP contribution >= 0.6 is 15.9 Å². The van der Waals surface area contributed by atoms with Crippen LogP contribution in [0, 0.1) is 11.3 Å². The molecule has 0 atom stereocenters. The van der Waals surface area contributed by atoms with E-state index in [1.54, 1.807) is 19.2 Å². The minimum Gasteiger partial charge on any atom is -0.480 e. The lowest BCUT2D eigenvalue weighted by atomic mass is 10.3. The molecule has 7 nitrogen and oxygen atoms in total. The van der Waals surface area contributed by atoms with Gasteiger partial charge >= 0.3 is 0 Å². The number of hydrogen-bond acceptors (Lipinski definition) is 5. The van der Waals surface area contributed by atoms with Gasteiger partial charge < -0.3 is 9.64 Å². The zero-order chi connectivity index (χ0) is 15.4. The molecule has 21 heavy (non-hydrogen) atoms. The summed E-state index contributed by atoms with van der Waals surface area (Å²) in [5.74, 6) is 0.205. The molecule has 1 aromatic rings. The van der Waals surface area contributed by atoms with Crippen LogP contribution in [0.5, 0.6) is 5.75 Å². The standard InChI is InChI=1S/C13H13BrN4O3/c1-17(6-2-5-15)11(19)7-18-12(20)8-21-9-3-4-10(14)16-13(9)18/h3-4H,2,6-8H2,1H3. The summed E-state index contributed by atoms with van der Waals surface area (Å²) in [4.78, 5) is 31.0. The molecule has 1 aromatic heterocycles. The van der Waals surface area contributed by atoms with Crippen LogP contribution < -0.4 is 9.64 Å². The first-order valence-electron chi connectivity index (χ1n) is 6.23. The van der Waals surface area contributed by atoms with Gasteiger partial charge in [-0.15, -0.1) is 0 Å². The van der Waals surface area contributed by atoms with Gasteiger partial charge in [-0.3, -0.25) is 14.5 Å². The molecule has 0 saturated heterocycles. The maximum Gasteiger partial charge on any atom is 0.266 e. The number of nitrogens with zero attached hydrogens (tertiary/aromatic N) is 4. The van der Waals surface area contributed by atoms with E-state index in [-0.39, 0.29) is 31.4 Å².